The molecule has 0 aromatic heterocycles. The van der Waals surface area contributed by atoms with Crippen molar-refractivity contribution in [2.24, 2.45) is 0 Å². The van der Waals surface area contributed by atoms with Crippen LogP contribution in [0, 0.1) is 0 Å². The van der Waals surface area contributed by atoms with Gasteiger partial charge in [0.15, 0.2) is 0 Å². The van der Waals surface area contributed by atoms with Crippen LogP contribution >= 0.6 is 23.2 Å². The molecular weight excluding hydrogens is 309 g/mol. The minimum Gasteiger partial charge on any atom is -0.496 e. The molecule has 0 fully saturated rings. The Balaban J connectivity index is 2.46. The van der Waals surface area contributed by atoms with Crippen molar-refractivity contribution in [3.8, 4) is 17.2 Å². The zero-order chi connectivity index (χ0) is 15.4. The summed E-state index contributed by atoms with van der Waals surface area (Å²) in [7, 11) is 3.52. The van der Waals surface area contributed by atoms with Gasteiger partial charge in [0.2, 0.25) is 0 Å². The average Bonchev–Trinajstić information content (AvgIpc) is 2.50. The van der Waals surface area contributed by atoms with Gasteiger partial charge in [0, 0.05) is 6.04 Å². The Kier molecular flexibility index (Phi) is 5.34. The first-order chi connectivity index (χ1) is 10.1. The Labute approximate surface area is 134 Å². The SMILES string of the molecule is CNC(C)c1c(OC)cccc1Oc1cccc(Cl)c1Cl. The van der Waals surface area contributed by atoms with Gasteiger partial charge in [-0.1, -0.05) is 35.3 Å². The Morgan fingerprint density at radius 3 is 2.29 bits per heavy atom. The number of hydrogen-bond acceptors (Lipinski definition) is 3. The van der Waals surface area contributed by atoms with Crippen LogP contribution in [0.4, 0.5) is 0 Å². The quantitative estimate of drug-likeness (QED) is 0.831. The van der Waals surface area contributed by atoms with Gasteiger partial charge < -0.3 is 14.8 Å². The van der Waals surface area contributed by atoms with Crippen molar-refractivity contribution in [2.75, 3.05) is 14.2 Å². The monoisotopic (exact) mass is 325 g/mol. The molecule has 0 bridgehead atoms. The molecule has 2 aromatic carbocycles. The van der Waals surface area contributed by atoms with E-state index < -0.39 is 0 Å². The molecule has 21 heavy (non-hydrogen) atoms. The van der Waals surface area contributed by atoms with Gasteiger partial charge in [-0.3, -0.25) is 0 Å². The molecule has 0 saturated carbocycles. The number of nitrogens with one attached hydrogen (secondary N) is 1. The number of methoxy groups -OCH3 is 1. The van der Waals surface area contributed by atoms with Gasteiger partial charge in [-0.05, 0) is 38.2 Å². The third-order valence-corrected chi connectivity index (χ3v) is 4.05. The smallest absolute Gasteiger partial charge is 0.147 e. The first-order valence-electron chi connectivity index (χ1n) is 6.54. The van der Waals surface area contributed by atoms with Gasteiger partial charge in [0.25, 0.3) is 0 Å². The molecule has 0 aliphatic rings. The van der Waals surface area contributed by atoms with Gasteiger partial charge in [-0.25, -0.2) is 0 Å². The average molecular weight is 326 g/mol. The van der Waals surface area contributed by atoms with Crippen LogP contribution < -0.4 is 14.8 Å². The normalized spacial score (nSPS) is 12.0. The van der Waals surface area contributed by atoms with Crippen LogP contribution in [0.2, 0.25) is 10.0 Å². The van der Waals surface area contributed by atoms with Crippen LogP contribution in [0.1, 0.15) is 18.5 Å². The first kappa shape index (κ1) is 16.0. The van der Waals surface area contributed by atoms with E-state index in [2.05, 4.69) is 5.32 Å². The zero-order valence-corrected chi connectivity index (χ0v) is 13.6. The predicted octanol–water partition coefficient (Wildman–Crippen LogP) is 5.07. The second-order valence-corrected chi connectivity index (χ2v) is 5.32. The molecule has 1 N–H and O–H groups in total. The van der Waals surface area contributed by atoms with E-state index in [-0.39, 0.29) is 6.04 Å². The summed E-state index contributed by atoms with van der Waals surface area (Å²) in [6.07, 6.45) is 0. The van der Waals surface area contributed by atoms with E-state index in [9.17, 15) is 0 Å². The molecule has 1 atom stereocenters. The number of halogens is 2. The second kappa shape index (κ2) is 7.03. The summed E-state index contributed by atoms with van der Waals surface area (Å²) in [5.41, 5.74) is 0.929. The van der Waals surface area contributed by atoms with Crippen molar-refractivity contribution in [2.45, 2.75) is 13.0 Å². The lowest BCUT2D eigenvalue weighted by Crippen LogP contribution is -2.14. The maximum absolute atomic E-state index is 6.18. The fraction of sp³-hybridized carbons (Fsp3) is 0.250. The molecule has 0 amide bonds. The minimum absolute atomic E-state index is 0.0640. The first-order valence-corrected chi connectivity index (χ1v) is 7.30. The Hall–Kier alpha value is -1.42. The van der Waals surface area contributed by atoms with Crippen LogP contribution in [-0.4, -0.2) is 14.2 Å². The lowest BCUT2D eigenvalue weighted by atomic mass is 10.1. The largest absolute Gasteiger partial charge is 0.496 e. The van der Waals surface area contributed by atoms with Crippen LogP contribution in [0.25, 0.3) is 0 Å². The van der Waals surface area contributed by atoms with Gasteiger partial charge in [-0.15, -0.1) is 0 Å². The van der Waals surface area contributed by atoms with Crippen LogP contribution in [-0.2, 0) is 0 Å². The molecule has 2 rings (SSSR count). The van der Waals surface area contributed by atoms with E-state index in [0.29, 0.717) is 21.5 Å². The lowest BCUT2D eigenvalue weighted by Gasteiger charge is -2.19. The zero-order valence-electron chi connectivity index (χ0n) is 12.1. The van der Waals surface area contributed by atoms with Crippen molar-refractivity contribution in [1.29, 1.82) is 0 Å². The molecule has 5 heteroatoms. The van der Waals surface area contributed by atoms with E-state index in [4.69, 9.17) is 32.7 Å². The maximum Gasteiger partial charge on any atom is 0.147 e. The van der Waals surface area contributed by atoms with Crippen molar-refractivity contribution >= 4 is 23.2 Å². The Morgan fingerprint density at radius 2 is 1.62 bits per heavy atom. The molecule has 2 aromatic rings. The molecule has 0 saturated heterocycles. The van der Waals surface area contributed by atoms with Gasteiger partial charge in [0.1, 0.15) is 22.3 Å². The van der Waals surface area contributed by atoms with Crippen LogP contribution in [0.3, 0.4) is 0 Å². The third kappa shape index (κ3) is 3.43. The highest BCUT2D eigenvalue weighted by molar-refractivity contribution is 6.42. The van der Waals surface area contributed by atoms with Crippen LogP contribution in [0.5, 0.6) is 17.2 Å². The lowest BCUT2D eigenvalue weighted by molar-refractivity contribution is 0.393. The van der Waals surface area contributed by atoms with Gasteiger partial charge in [-0.2, -0.15) is 0 Å². The van der Waals surface area contributed by atoms with E-state index >= 15 is 0 Å². The number of benzene rings is 2. The van der Waals surface area contributed by atoms with E-state index in [1.807, 2.05) is 32.2 Å². The summed E-state index contributed by atoms with van der Waals surface area (Å²) in [4.78, 5) is 0. The second-order valence-electron chi connectivity index (χ2n) is 4.54. The summed E-state index contributed by atoms with van der Waals surface area (Å²) >= 11 is 12.2. The third-order valence-electron chi connectivity index (χ3n) is 3.25. The minimum atomic E-state index is 0.0640. The van der Waals surface area contributed by atoms with Crippen LogP contribution in [0.15, 0.2) is 36.4 Å². The molecule has 112 valence electrons. The molecule has 0 heterocycles. The highest BCUT2D eigenvalue weighted by atomic mass is 35.5. The Bertz CT molecular complexity index is 632. The summed E-state index contributed by atoms with van der Waals surface area (Å²) < 4.78 is 11.4. The molecule has 0 aliphatic heterocycles. The summed E-state index contributed by atoms with van der Waals surface area (Å²) in [6.45, 7) is 2.03. The van der Waals surface area contributed by atoms with Crippen molar-refractivity contribution in [3.05, 3.63) is 52.0 Å². The highest BCUT2D eigenvalue weighted by Crippen LogP contribution is 2.40. The van der Waals surface area contributed by atoms with Crippen molar-refractivity contribution in [1.82, 2.24) is 5.32 Å². The molecule has 1 unspecified atom stereocenters. The van der Waals surface area contributed by atoms with E-state index in [0.717, 1.165) is 11.3 Å². The van der Waals surface area contributed by atoms with Gasteiger partial charge >= 0.3 is 0 Å². The summed E-state index contributed by atoms with van der Waals surface area (Å²) in [5.74, 6) is 1.95. The molecule has 0 spiro atoms. The number of ether oxygens (including phenoxy) is 2. The van der Waals surface area contributed by atoms with E-state index in [1.165, 1.54) is 0 Å². The Morgan fingerprint density at radius 1 is 1.00 bits per heavy atom. The predicted molar refractivity (Wildman–Crippen MR) is 87.0 cm³/mol. The van der Waals surface area contributed by atoms with Gasteiger partial charge in [0.05, 0.1) is 17.7 Å². The van der Waals surface area contributed by atoms with E-state index in [1.54, 1.807) is 25.3 Å². The fourth-order valence-corrected chi connectivity index (χ4v) is 2.37. The molecule has 0 radical (unpaired) electrons. The number of hydrogen-bond donors (Lipinski definition) is 1. The maximum atomic E-state index is 6.18. The fourth-order valence-electron chi connectivity index (χ4n) is 2.04. The summed E-state index contributed by atoms with van der Waals surface area (Å²) in [6, 6.07) is 11.0. The van der Waals surface area contributed by atoms with Crippen molar-refractivity contribution in [3.63, 3.8) is 0 Å². The molecular formula is C16H17Cl2NO2. The standard InChI is InChI=1S/C16H17Cl2NO2/c1-10(19-2)15-12(20-3)7-5-8-13(15)21-14-9-4-6-11(17)16(14)18/h4-10,19H,1-3H3. The van der Waals surface area contributed by atoms with Crippen molar-refractivity contribution < 1.29 is 9.47 Å². The topological polar surface area (TPSA) is 30.5 Å². The highest BCUT2D eigenvalue weighted by Gasteiger charge is 2.17. The molecule has 3 nitrogen and oxygen atoms in total. The molecule has 0 aliphatic carbocycles. The number of rotatable bonds is 5. The summed E-state index contributed by atoms with van der Waals surface area (Å²) in [5, 5.41) is 4.04.